The summed E-state index contributed by atoms with van der Waals surface area (Å²) in [4.78, 5) is 13.6. The number of hydrogen-bond donors (Lipinski definition) is 1. The maximum Gasteiger partial charge on any atom is 0.344 e. The van der Waals surface area contributed by atoms with Crippen LogP contribution in [0, 0.1) is 5.92 Å². The first kappa shape index (κ1) is 18.4. The zero-order valence-corrected chi connectivity index (χ0v) is 14.3. The Morgan fingerprint density at radius 1 is 1.35 bits per heavy atom. The lowest BCUT2D eigenvalue weighted by atomic mass is 9.84. The number of nitrogens with zero attached hydrogens (tertiary/aromatic N) is 1. The zero-order chi connectivity index (χ0) is 15.8. The SMILES string of the molecule is C.C[N+]1(C)CC[C@@H](OC(=O)[C@](O)(c2cccs2)C2CCCC2)C1. The minimum Gasteiger partial charge on any atom is -0.454 e. The van der Waals surface area contributed by atoms with Gasteiger partial charge in [0.1, 0.15) is 6.54 Å². The van der Waals surface area contributed by atoms with Crippen molar-refractivity contribution in [1.82, 2.24) is 0 Å². The Labute approximate surface area is 143 Å². The van der Waals surface area contributed by atoms with E-state index < -0.39 is 11.6 Å². The van der Waals surface area contributed by atoms with Crippen LogP contribution in [-0.4, -0.2) is 48.8 Å². The van der Waals surface area contributed by atoms with Crippen LogP contribution in [0.4, 0.5) is 0 Å². The number of likely N-dealkylation sites (tertiary alicyclic amines) is 1. The number of hydrogen-bond acceptors (Lipinski definition) is 4. The van der Waals surface area contributed by atoms with Crippen molar-refractivity contribution in [3.05, 3.63) is 22.4 Å². The molecule has 23 heavy (non-hydrogen) atoms. The summed E-state index contributed by atoms with van der Waals surface area (Å²) in [6, 6.07) is 3.75. The minimum absolute atomic E-state index is 0. The van der Waals surface area contributed by atoms with Crippen molar-refractivity contribution < 1.29 is 19.1 Å². The molecule has 0 bridgehead atoms. The van der Waals surface area contributed by atoms with Crippen molar-refractivity contribution in [3.8, 4) is 0 Å². The van der Waals surface area contributed by atoms with E-state index in [1.165, 1.54) is 11.3 Å². The molecule has 1 aliphatic carbocycles. The van der Waals surface area contributed by atoms with Gasteiger partial charge in [-0.2, -0.15) is 0 Å². The summed E-state index contributed by atoms with van der Waals surface area (Å²) in [5.41, 5.74) is -1.45. The Hall–Kier alpha value is -0.910. The van der Waals surface area contributed by atoms with Gasteiger partial charge in [-0.05, 0) is 24.3 Å². The molecule has 3 rings (SSSR count). The molecule has 1 aromatic rings. The lowest BCUT2D eigenvalue weighted by Gasteiger charge is -2.32. The topological polar surface area (TPSA) is 46.5 Å². The molecule has 1 saturated carbocycles. The second-order valence-electron chi connectivity index (χ2n) is 7.38. The number of carbonyl (C=O) groups is 1. The molecule has 4 nitrogen and oxygen atoms in total. The van der Waals surface area contributed by atoms with Crippen LogP contribution >= 0.6 is 11.3 Å². The van der Waals surface area contributed by atoms with E-state index in [-0.39, 0.29) is 19.4 Å². The number of ether oxygens (including phenoxy) is 1. The van der Waals surface area contributed by atoms with Crippen LogP contribution in [0.25, 0.3) is 0 Å². The summed E-state index contributed by atoms with van der Waals surface area (Å²) in [5, 5.41) is 13.2. The molecule has 0 spiro atoms. The second-order valence-corrected chi connectivity index (χ2v) is 8.33. The molecule has 0 aromatic carbocycles. The van der Waals surface area contributed by atoms with Gasteiger partial charge in [-0.3, -0.25) is 0 Å². The number of esters is 1. The van der Waals surface area contributed by atoms with E-state index in [9.17, 15) is 9.90 Å². The lowest BCUT2D eigenvalue weighted by molar-refractivity contribution is -0.879. The Morgan fingerprint density at radius 2 is 2.04 bits per heavy atom. The standard InChI is InChI=1S/C17H26NO3S.CH4/c1-18(2)10-9-14(12-18)21-16(19)17(20,13-6-3-4-7-13)15-8-5-11-22-15;/h5,8,11,13-14,20H,3-4,6-7,9-10,12H2,1-2H3;1H4/q+1;/t14-,17-;/m1./s1. The number of carbonyl (C=O) groups excluding carboxylic acids is 1. The Balaban J connectivity index is 0.00000192. The van der Waals surface area contributed by atoms with Gasteiger partial charge in [-0.1, -0.05) is 26.3 Å². The first-order chi connectivity index (χ1) is 10.4. The average Bonchev–Trinajstić information content (AvgIpc) is 3.19. The third-order valence-electron chi connectivity index (χ3n) is 5.18. The molecule has 0 unspecified atom stereocenters. The third kappa shape index (κ3) is 3.62. The molecule has 2 heterocycles. The normalized spacial score (nSPS) is 26.5. The van der Waals surface area contributed by atoms with Gasteiger partial charge in [0.05, 0.1) is 20.6 Å². The van der Waals surface area contributed by atoms with E-state index in [2.05, 4.69) is 14.1 Å². The molecular formula is C18H30NO3S+. The molecule has 2 aliphatic rings. The highest BCUT2D eigenvalue weighted by atomic mass is 32.1. The van der Waals surface area contributed by atoms with Crippen molar-refractivity contribution in [1.29, 1.82) is 0 Å². The fourth-order valence-corrected chi connectivity index (χ4v) is 4.76. The van der Waals surface area contributed by atoms with Gasteiger partial charge in [0.15, 0.2) is 11.7 Å². The van der Waals surface area contributed by atoms with E-state index in [0.717, 1.165) is 54.6 Å². The first-order valence-corrected chi connectivity index (χ1v) is 9.09. The predicted molar refractivity (Wildman–Crippen MR) is 93.2 cm³/mol. The summed E-state index contributed by atoms with van der Waals surface area (Å²) >= 11 is 1.45. The summed E-state index contributed by atoms with van der Waals surface area (Å²) < 4.78 is 6.62. The van der Waals surface area contributed by atoms with Gasteiger partial charge >= 0.3 is 5.97 Å². The third-order valence-corrected chi connectivity index (χ3v) is 6.18. The van der Waals surface area contributed by atoms with Gasteiger partial charge in [-0.25, -0.2) is 4.79 Å². The number of rotatable bonds is 4. The molecule has 0 radical (unpaired) electrons. The van der Waals surface area contributed by atoms with Crippen LogP contribution in [0.5, 0.6) is 0 Å². The van der Waals surface area contributed by atoms with Gasteiger partial charge in [0, 0.05) is 17.2 Å². The molecule has 1 saturated heterocycles. The van der Waals surface area contributed by atoms with Crippen LogP contribution in [0.2, 0.25) is 0 Å². The first-order valence-electron chi connectivity index (χ1n) is 8.21. The number of aliphatic hydroxyl groups is 1. The van der Waals surface area contributed by atoms with Gasteiger partial charge in [-0.15, -0.1) is 11.3 Å². The molecule has 5 heteroatoms. The predicted octanol–water partition coefficient (Wildman–Crippen LogP) is 3.15. The van der Waals surface area contributed by atoms with Crippen molar-refractivity contribution in [2.75, 3.05) is 27.2 Å². The summed E-state index contributed by atoms with van der Waals surface area (Å²) in [6.45, 7) is 1.84. The molecule has 130 valence electrons. The molecule has 0 amide bonds. The summed E-state index contributed by atoms with van der Waals surface area (Å²) in [6.07, 6.45) is 4.77. The average molecular weight is 341 g/mol. The van der Waals surface area contributed by atoms with Gasteiger partial charge < -0.3 is 14.3 Å². The molecule has 2 fully saturated rings. The van der Waals surface area contributed by atoms with Crippen molar-refractivity contribution in [3.63, 3.8) is 0 Å². The molecular weight excluding hydrogens is 310 g/mol. The maximum absolute atomic E-state index is 12.8. The van der Waals surface area contributed by atoms with E-state index >= 15 is 0 Å². The van der Waals surface area contributed by atoms with E-state index in [1.807, 2.05) is 17.5 Å². The smallest absolute Gasteiger partial charge is 0.344 e. The molecule has 1 N–H and O–H groups in total. The number of thiophene rings is 1. The fraction of sp³-hybridized carbons (Fsp3) is 0.722. The van der Waals surface area contributed by atoms with Crippen molar-refractivity contribution >= 4 is 17.3 Å². The highest BCUT2D eigenvalue weighted by molar-refractivity contribution is 7.10. The summed E-state index contributed by atoms with van der Waals surface area (Å²) in [5.74, 6) is -0.448. The van der Waals surface area contributed by atoms with Crippen LogP contribution in [0.3, 0.4) is 0 Å². The highest BCUT2D eigenvalue weighted by Gasteiger charge is 2.50. The number of likely N-dealkylation sites (N-methyl/N-ethyl adjacent to an activating group) is 1. The van der Waals surface area contributed by atoms with Crippen molar-refractivity contribution in [2.24, 2.45) is 5.92 Å². The van der Waals surface area contributed by atoms with Gasteiger partial charge in [0.25, 0.3) is 0 Å². The fourth-order valence-electron chi connectivity index (χ4n) is 3.87. The maximum atomic E-state index is 12.8. The summed E-state index contributed by atoms with van der Waals surface area (Å²) in [7, 11) is 4.30. The Bertz CT molecular complexity index is 522. The van der Waals surface area contributed by atoms with Crippen LogP contribution < -0.4 is 0 Å². The molecule has 1 aliphatic heterocycles. The van der Waals surface area contributed by atoms with E-state index in [1.54, 1.807) is 0 Å². The van der Waals surface area contributed by atoms with Crippen LogP contribution in [-0.2, 0) is 15.1 Å². The molecule has 2 atom stereocenters. The quantitative estimate of drug-likeness (QED) is 0.676. The number of quaternary nitrogens is 1. The Morgan fingerprint density at radius 3 is 2.57 bits per heavy atom. The highest BCUT2D eigenvalue weighted by Crippen LogP contribution is 2.43. The monoisotopic (exact) mass is 340 g/mol. The van der Waals surface area contributed by atoms with Crippen LogP contribution in [0.15, 0.2) is 17.5 Å². The lowest BCUT2D eigenvalue weighted by Crippen LogP contribution is -2.45. The minimum atomic E-state index is -1.45. The van der Waals surface area contributed by atoms with Crippen molar-refractivity contribution in [2.45, 2.75) is 51.2 Å². The van der Waals surface area contributed by atoms with Crippen LogP contribution in [0.1, 0.15) is 44.4 Å². The largest absolute Gasteiger partial charge is 0.454 e. The van der Waals surface area contributed by atoms with Gasteiger partial charge in [0.2, 0.25) is 0 Å². The molecule has 1 aromatic heterocycles. The van der Waals surface area contributed by atoms with E-state index in [4.69, 9.17) is 4.74 Å². The second kappa shape index (κ2) is 6.91. The van der Waals surface area contributed by atoms with E-state index in [0.29, 0.717) is 0 Å². The zero-order valence-electron chi connectivity index (χ0n) is 13.5. The Kier molecular flexibility index (Phi) is 5.54.